The van der Waals surface area contributed by atoms with E-state index in [1.807, 2.05) is 4.90 Å². The van der Waals surface area contributed by atoms with Crippen LogP contribution in [0.2, 0.25) is 0 Å². The summed E-state index contributed by atoms with van der Waals surface area (Å²) in [6.07, 6.45) is 4.23. The number of amides is 1. The van der Waals surface area contributed by atoms with Crippen molar-refractivity contribution in [2.75, 3.05) is 13.7 Å². The van der Waals surface area contributed by atoms with Crippen molar-refractivity contribution in [2.45, 2.75) is 37.8 Å². The van der Waals surface area contributed by atoms with E-state index in [0.717, 1.165) is 32.2 Å². The van der Waals surface area contributed by atoms with Crippen molar-refractivity contribution in [3.63, 3.8) is 0 Å². The van der Waals surface area contributed by atoms with Gasteiger partial charge in [-0.3, -0.25) is 4.79 Å². The van der Waals surface area contributed by atoms with Gasteiger partial charge in [-0.25, -0.2) is 0 Å². The molecule has 2 aliphatic rings. The van der Waals surface area contributed by atoms with Crippen LogP contribution in [0.25, 0.3) is 0 Å². The average molecular weight is 169 g/mol. The highest BCUT2D eigenvalue weighted by molar-refractivity contribution is 5.78. The van der Waals surface area contributed by atoms with Crippen LogP contribution in [-0.4, -0.2) is 36.6 Å². The van der Waals surface area contributed by atoms with Gasteiger partial charge in [0, 0.05) is 26.1 Å². The SMILES string of the molecule is CO[C@H]1CCN2C(=O)CC[C@H]2C1. The lowest BCUT2D eigenvalue weighted by molar-refractivity contribution is -0.131. The normalized spacial score (nSPS) is 35.4. The Morgan fingerprint density at radius 2 is 2.33 bits per heavy atom. The number of fused-ring (bicyclic) bond motifs is 1. The molecule has 0 N–H and O–H groups in total. The van der Waals surface area contributed by atoms with Crippen LogP contribution >= 0.6 is 0 Å². The monoisotopic (exact) mass is 169 g/mol. The predicted molar refractivity (Wildman–Crippen MR) is 44.8 cm³/mol. The Morgan fingerprint density at radius 1 is 1.50 bits per heavy atom. The van der Waals surface area contributed by atoms with Crippen LogP contribution in [-0.2, 0) is 9.53 Å². The standard InChI is InChI=1S/C9H15NO2/c1-12-8-4-5-10-7(6-8)2-3-9(10)11/h7-8H,2-6H2,1H3/t7-,8-/m0/s1. The van der Waals surface area contributed by atoms with E-state index in [9.17, 15) is 4.79 Å². The fourth-order valence-electron chi connectivity index (χ4n) is 2.26. The summed E-state index contributed by atoms with van der Waals surface area (Å²) in [4.78, 5) is 13.3. The topological polar surface area (TPSA) is 29.5 Å². The second kappa shape index (κ2) is 3.05. The van der Waals surface area contributed by atoms with Crippen molar-refractivity contribution in [1.82, 2.24) is 4.90 Å². The molecule has 2 aliphatic heterocycles. The number of carbonyl (C=O) groups is 1. The highest BCUT2D eigenvalue weighted by Crippen LogP contribution is 2.28. The lowest BCUT2D eigenvalue weighted by Gasteiger charge is -2.34. The van der Waals surface area contributed by atoms with E-state index < -0.39 is 0 Å². The Labute approximate surface area is 72.7 Å². The third-order valence-electron chi connectivity index (χ3n) is 3.01. The van der Waals surface area contributed by atoms with E-state index in [-0.39, 0.29) is 0 Å². The number of rotatable bonds is 1. The minimum Gasteiger partial charge on any atom is -0.381 e. The molecule has 0 radical (unpaired) electrons. The number of hydrogen-bond acceptors (Lipinski definition) is 2. The van der Waals surface area contributed by atoms with Gasteiger partial charge >= 0.3 is 0 Å². The van der Waals surface area contributed by atoms with E-state index in [1.165, 1.54) is 0 Å². The maximum atomic E-state index is 11.3. The van der Waals surface area contributed by atoms with Crippen molar-refractivity contribution in [1.29, 1.82) is 0 Å². The zero-order valence-corrected chi connectivity index (χ0v) is 7.45. The smallest absolute Gasteiger partial charge is 0.222 e. The van der Waals surface area contributed by atoms with Gasteiger partial charge in [0.2, 0.25) is 5.91 Å². The van der Waals surface area contributed by atoms with E-state index >= 15 is 0 Å². The first-order valence-electron chi connectivity index (χ1n) is 4.63. The van der Waals surface area contributed by atoms with Gasteiger partial charge < -0.3 is 9.64 Å². The number of methoxy groups -OCH3 is 1. The fourth-order valence-corrected chi connectivity index (χ4v) is 2.26. The Kier molecular flexibility index (Phi) is 2.05. The zero-order valence-electron chi connectivity index (χ0n) is 7.45. The minimum absolute atomic E-state index is 0.342. The summed E-state index contributed by atoms with van der Waals surface area (Å²) in [5.41, 5.74) is 0. The van der Waals surface area contributed by atoms with Gasteiger partial charge in [0.05, 0.1) is 6.10 Å². The highest BCUT2D eigenvalue weighted by Gasteiger charge is 2.36. The molecule has 2 fully saturated rings. The predicted octanol–water partition coefficient (Wildman–Crippen LogP) is 0.786. The molecule has 12 heavy (non-hydrogen) atoms. The lowest BCUT2D eigenvalue weighted by Crippen LogP contribution is -2.42. The summed E-state index contributed by atoms with van der Waals surface area (Å²) >= 11 is 0. The number of carbonyl (C=O) groups excluding carboxylic acids is 1. The number of piperidine rings is 1. The Hall–Kier alpha value is -0.570. The lowest BCUT2D eigenvalue weighted by atomic mass is 10.0. The Balaban J connectivity index is 1.99. The molecule has 0 spiro atoms. The van der Waals surface area contributed by atoms with Crippen LogP contribution in [0.15, 0.2) is 0 Å². The maximum Gasteiger partial charge on any atom is 0.222 e. The molecule has 68 valence electrons. The summed E-state index contributed by atoms with van der Waals surface area (Å²) in [5, 5.41) is 0. The average Bonchev–Trinajstić information content (AvgIpc) is 2.47. The first-order chi connectivity index (χ1) is 5.81. The van der Waals surface area contributed by atoms with Crippen LogP contribution in [0.3, 0.4) is 0 Å². The number of hydrogen-bond donors (Lipinski definition) is 0. The quantitative estimate of drug-likeness (QED) is 0.580. The van der Waals surface area contributed by atoms with E-state index in [1.54, 1.807) is 7.11 Å². The molecule has 2 heterocycles. The first kappa shape index (κ1) is 8.05. The first-order valence-corrected chi connectivity index (χ1v) is 4.63. The van der Waals surface area contributed by atoms with Gasteiger partial charge in [-0.15, -0.1) is 0 Å². The molecule has 0 aromatic rings. The molecule has 2 saturated heterocycles. The van der Waals surface area contributed by atoms with Gasteiger partial charge in [0.15, 0.2) is 0 Å². The van der Waals surface area contributed by atoms with Gasteiger partial charge in [-0.2, -0.15) is 0 Å². The molecule has 0 unspecified atom stereocenters. The molecular weight excluding hydrogens is 154 g/mol. The Morgan fingerprint density at radius 3 is 3.08 bits per heavy atom. The molecule has 3 heteroatoms. The summed E-state index contributed by atoms with van der Waals surface area (Å²) < 4.78 is 5.30. The van der Waals surface area contributed by atoms with Gasteiger partial charge in [0.25, 0.3) is 0 Å². The van der Waals surface area contributed by atoms with Crippen molar-refractivity contribution < 1.29 is 9.53 Å². The van der Waals surface area contributed by atoms with Gasteiger partial charge in [0.1, 0.15) is 0 Å². The fraction of sp³-hybridized carbons (Fsp3) is 0.889. The second-order valence-electron chi connectivity index (χ2n) is 3.66. The van der Waals surface area contributed by atoms with Crippen LogP contribution in [0.1, 0.15) is 25.7 Å². The second-order valence-corrected chi connectivity index (χ2v) is 3.66. The van der Waals surface area contributed by atoms with E-state index in [0.29, 0.717) is 18.1 Å². The van der Waals surface area contributed by atoms with Crippen molar-refractivity contribution >= 4 is 5.91 Å². The summed E-state index contributed by atoms with van der Waals surface area (Å²) in [7, 11) is 1.76. The maximum absolute atomic E-state index is 11.3. The number of nitrogens with zero attached hydrogens (tertiary/aromatic N) is 1. The number of ether oxygens (including phenoxy) is 1. The van der Waals surface area contributed by atoms with Crippen LogP contribution in [0.4, 0.5) is 0 Å². The van der Waals surface area contributed by atoms with Crippen molar-refractivity contribution in [2.24, 2.45) is 0 Å². The van der Waals surface area contributed by atoms with Gasteiger partial charge in [-0.05, 0) is 19.3 Å². The van der Waals surface area contributed by atoms with E-state index in [2.05, 4.69) is 0 Å². The van der Waals surface area contributed by atoms with Crippen LogP contribution in [0, 0.1) is 0 Å². The molecule has 2 rings (SSSR count). The third-order valence-corrected chi connectivity index (χ3v) is 3.01. The summed E-state index contributed by atoms with van der Waals surface area (Å²) in [6.45, 7) is 0.905. The molecule has 0 saturated carbocycles. The largest absolute Gasteiger partial charge is 0.381 e. The van der Waals surface area contributed by atoms with Gasteiger partial charge in [-0.1, -0.05) is 0 Å². The molecular formula is C9H15NO2. The van der Waals surface area contributed by atoms with E-state index in [4.69, 9.17) is 4.74 Å². The molecule has 2 atom stereocenters. The molecule has 3 nitrogen and oxygen atoms in total. The zero-order chi connectivity index (χ0) is 8.55. The van der Waals surface area contributed by atoms with Crippen LogP contribution < -0.4 is 0 Å². The molecule has 1 amide bonds. The summed E-state index contributed by atoms with van der Waals surface area (Å²) in [6, 6.07) is 0.483. The summed E-state index contributed by atoms with van der Waals surface area (Å²) in [5.74, 6) is 0.342. The van der Waals surface area contributed by atoms with Crippen molar-refractivity contribution in [3.8, 4) is 0 Å². The minimum atomic E-state index is 0.342. The molecule has 0 bridgehead atoms. The molecule has 0 aromatic heterocycles. The third kappa shape index (κ3) is 1.22. The highest BCUT2D eigenvalue weighted by atomic mass is 16.5. The van der Waals surface area contributed by atoms with Crippen molar-refractivity contribution in [3.05, 3.63) is 0 Å². The van der Waals surface area contributed by atoms with Crippen LogP contribution in [0.5, 0.6) is 0 Å². The molecule has 0 aromatic carbocycles. The molecule has 0 aliphatic carbocycles. The Bertz CT molecular complexity index is 193.